The molecule has 7 rings (SSSR count). The Labute approximate surface area is 164 Å². The Morgan fingerprint density at radius 1 is 1.19 bits per heavy atom. The van der Waals surface area contributed by atoms with E-state index in [0.29, 0.717) is 23.5 Å². The molecule has 1 aliphatic heterocycles. The smallest absolute Gasteiger partial charge is 0.111 e. The highest BCUT2D eigenvalue weighted by atomic mass is 15.3. The summed E-state index contributed by atoms with van der Waals surface area (Å²) in [6, 6.07) is 0.677. The van der Waals surface area contributed by atoms with Crippen LogP contribution in [0.15, 0.2) is 28.9 Å². The van der Waals surface area contributed by atoms with Crippen LogP contribution in [0.3, 0.4) is 0 Å². The molecule has 4 bridgehead atoms. The standard InChI is InChI=1S/C24H35N3/c1-4-5-9-27-19-8-6-7-18(20(19)25-21(27)16(2)3)26-24-12-17-10-22(14-24)13-23(22,11-17)15-24/h6-8,16-18,20,26H,4-5,9-15H2,1-3H3. The van der Waals surface area contributed by atoms with Gasteiger partial charge in [0.25, 0.3) is 0 Å². The van der Waals surface area contributed by atoms with E-state index in [1.54, 1.807) is 19.3 Å². The van der Waals surface area contributed by atoms with Crippen LogP contribution in [0.4, 0.5) is 0 Å². The second-order valence-electron chi connectivity index (χ2n) is 11.1. The van der Waals surface area contributed by atoms with E-state index in [1.165, 1.54) is 43.6 Å². The molecule has 0 saturated heterocycles. The van der Waals surface area contributed by atoms with Gasteiger partial charge in [0.1, 0.15) is 11.9 Å². The molecule has 5 saturated carbocycles. The van der Waals surface area contributed by atoms with E-state index in [0.717, 1.165) is 23.3 Å². The van der Waals surface area contributed by atoms with Crippen molar-refractivity contribution in [2.75, 3.05) is 6.54 Å². The first-order valence-corrected chi connectivity index (χ1v) is 11.5. The number of fused-ring (bicyclic) bond motifs is 1. The van der Waals surface area contributed by atoms with Crippen LogP contribution in [0, 0.1) is 22.7 Å². The molecular formula is C24H35N3. The van der Waals surface area contributed by atoms with E-state index in [2.05, 4.69) is 49.2 Å². The second-order valence-corrected chi connectivity index (χ2v) is 11.1. The molecular weight excluding hydrogens is 330 g/mol. The molecule has 7 aliphatic rings. The number of hydrogen-bond donors (Lipinski definition) is 1. The van der Waals surface area contributed by atoms with Crippen molar-refractivity contribution in [3.8, 4) is 0 Å². The molecule has 4 unspecified atom stereocenters. The van der Waals surface area contributed by atoms with Crippen LogP contribution in [-0.2, 0) is 0 Å². The largest absolute Gasteiger partial charge is 0.331 e. The molecule has 3 heteroatoms. The van der Waals surface area contributed by atoms with Crippen molar-refractivity contribution < 1.29 is 0 Å². The molecule has 5 fully saturated rings. The number of amidine groups is 1. The maximum Gasteiger partial charge on any atom is 0.111 e. The highest BCUT2D eigenvalue weighted by Gasteiger charge is 2.81. The molecule has 0 amide bonds. The molecule has 0 aromatic rings. The van der Waals surface area contributed by atoms with Gasteiger partial charge in [0, 0.05) is 23.7 Å². The van der Waals surface area contributed by atoms with Gasteiger partial charge in [-0.15, -0.1) is 0 Å². The maximum absolute atomic E-state index is 5.29. The SMILES string of the molecule is CCCCN1C2=CC=CC(NC34CC5CC6(C3)CC6(C5)C4)C2N=C1C(C)C. The number of nitrogens with zero attached hydrogens (tertiary/aromatic N) is 2. The van der Waals surface area contributed by atoms with Gasteiger partial charge >= 0.3 is 0 Å². The summed E-state index contributed by atoms with van der Waals surface area (Å²) in [5.74, 6) is 2.81. The van der Waals surface area contributed by atoms with Crippen molar-refractivity contribution >= 4 is 5.84 Å². The van der Waals surface area contributed by atoms with Crippen molar-refractivity contribution in [1.29, 1.82) is 0 Å². The number of nitrogens with one attached hydrogen (secondary N) is 1. The zero-order chi connectivity index (χ0) is 18.4. The van der Waals surface area contributed by atoms with Gasteiger partial charge in [0.2, 0.25) is 0 Å². The Morgan fingerprint density at radius 2 is 1.96 bits per heavy atom. The van der Waals surface area contributed by atoms with E-state index in [4.69, 9.17) is 4.99 Å². The minimum absolute atomic E-state index is 0.294. The predicted molar refractivity (Wildman–Crippen MR) is 111 cm³/mol. The van der Waals surface area contributed by atoms with Crippen LogP contribution in [0.2, 0.25) is 0 Å². The number of aliphatic imine (C=N–C) groups is 1. The van der Waals surface area contributed by atoms with Gasteiger partial charge in [-0.1, -0.05) is 39.3 Å². The first-order chi connectivity index (χ1) is 13.0. The van der Waals surface area contributed by atoms with Gasteiger partial charge in [0.05, 0.1) is 6.04 Å². The Bertz CT molecular complexity index is 742. The number of rotatable bonds is 6. The number of hydrogen-bond acceptors (Lipinski definition) is 3. The van der Waals surface area contributed by atoms with Crippen molar-refractivity contribution in [3.05, 3.63) is 23.9 Å². The molecule has 146 valence electrons. The van der Waals surface area contributed by atoms with E-state index in [9.17, 15) is 0 Å². The van der Waals surface area contributed by atoms with Gasteiger partial charge in [-0.3, -0.25) is 4.99 Å². The summed E-state index contributed by atoms with van der Waals surface area (Å²) in [4.78, 5) is 7.83. The Hall–Kier alpha value is -1.09. The van der Waals surface area contributed by atoms with Crippen molar-refractivity contribution in [2.45, 2.75) is 89.8 Å². The van der Waals surface area contributed by atoms with Crippen LogP contribution >= 0.6 is 0 Å². The van der Waals surface area contributed by atoms with Crippen molar-refractivity contribution in [1.82, 2.24) is 10.2 Å². The Morgan fingerprint density at radius 3 is 2.63 bits per heavy atom. The monoisotopic (exact) mass is 365 g/mol. The Balaban J connectivity index is 1.25. The fourth-order valence-electron chi connectivity index (χ4n) is 8.27. The molecule has 6 aliphatic carbocycles. The molecule has 3 nitrogen and oxygen atoms in total. The van der Waals surface area contributed by atoms with Gasteiger partial charge in [-0.05, 0) is 67.8 Å². The molecule has 1 N–H and O–H groups in total. The highest BCUT2D eigenvalue weighted by Crippen LogP contribution is 2.88. The average Bonchev–Trinajstić information content (AvgIpc) is 2.88. The lowest BCUT2D eigenvalue weighted by Gasteiger charge is -2.46. The van der Waals surface area contributed by atoms with E-state index >= 15 is 0 Å². The second kappa shape index (κ2) is 5.28. The zero-order valence-electron chi connectivity index (χ0n) is 17.3. The number of allylic oxidation sites excluding steroid dienone is 2. The van der Waals surface area contributed by atoms with E-state index in [-0.39, 0.29) is 0 Å². The number of unbranched alkanes of at least 4 members (excludes halogenated alkanes) is 1. The molecule has 2 spiro atoms. The van der Waals surface area contributed by atoms with Crippen LogP contribution < -0.4 is 5.32 Å². The average molecular weight is 366 g/mol. The van der Waals surface area contributed by atoms with Crippen LogP contribution in [0.1, 0.15) is 72.1 Å². The third kappa shape index (κ3) is 2.15. The molecule has 4 atom stereocenters. The normalized spacial score (nSPS) is 48.1. The maximum atomic E-state index is 5.29. The zero-order valence-corrected chi connectivity index (χ0v) is 17.3. The van der Waals surface area contributed by atoms with E-state index < -0.39 is 0 Å². The Kier molecular flexibility index (Phi) is 3.29. The van der Waals surface area contributed by atoms with Gasteiger partial charge < -0.3 is 10.2 Å². The quantitative estimate of drug-likeness (QED) is 0.741. The predicted octanol–water partition coefficient (Wildman–Crippen LogP) is 4.66. The molecule has 0 aromatic heterocycles. The van der Waals surface area contributed by atoms with E-state index in [1.807, 2.05) is 0 Å². The van der Waals surface area contributed by atoms with Gasteiger partial charge in [-0.25, -0.2) is 0 Å². The van der Waals surface area contributed by atoms with Crippen LogP contribution in [-0.4, -0.2) is 34.9 Å². The first-order valence-electron chi connectivity index (χ1n) is 11.5. The minimum atomic E-state index is 0.294. The highest BCUT2D eigenvalue weighted by molar-refractivity contribution is 5.89. The summed E-state index contributed by atoms with van der Waals surface area (Å²) in [7, 11) is 0. The van der Waals surface area contributed by atoms with Gasteiger partial charge in [0.15, 0.2) is 0 Å². The fraction of sp³-hybridized carbons (Fsp3) is 0.792. The third-order valence-corrected chi connectivity index (χ3v) is 8.88. The molecule has 27 heavy (non-hydrogen) atoms. The summed E-state index contributed by atoms with van der Waals surface area (Å²) >= 11 is 0. The molecule has 0 radical (unpaired) electrons. The summed E-state index contributed by atoms with van der Waals surface area (Å²) in [5, 5.41) is 4.22. The van der Waals surface area contributed by atoms with Crippen molar-refractivity contribution in [3.63, 3.8) is 0 Å². The van der Waals surface area contributed by atoms with Gasteiger partial charge in [-0.2, -0.15) is 0 Å². The lowest BCUT2D eigenvalue weighted by molar-refractivity contribution is 0.117. The lowest BCUT2D eigenvalue weighted by Crippen LogP contribution is -2.57. The topological polar surface area (TPSA) is 27.6 Å². The molecule has 1 heterocycles. The summed E-state index contributed by atoms with van der Waals surface area (Å²) in [5.41, 5.74) is 3.38. The fourth-order valence-corrected chi connectivity index (χ4v) is 8.27. The minimum Gasteiger partial charge on any atom is -0.331 e. The molecule has 0 aromatic carbocycles. The third-order valence-electron chi connectivity index (χ3n) is 8.88. The summed E-state index contributed by atoms with van der Waals surface area (Å²) in [6.07, 6.45) is 18.5. The summed E-state index contributed by atoms with van der Waals surface area (Å²) < 4.78 is 0. The van der Waals surface area contributed by atoms with Crippen LogP contribution in [0.25, 0.3) is 0 Å². The summed E-state index contributed by atoms with van der Waals surface area (Å²) in [6.45, 7) is 8.00. The lowest BCUT2D eigenvalue weighted by atomic mass is 9.68. The first kappa shape index (κ1) is 16.8. The van der Waals surface area contributed by atoms with Crippen LogP contribution in [0.5, 0.6) is 0 Å². The van der Waals surface area contributed by atoms with Crippen molar-refractivity contribution in [2.24, 2.45) is 27.7 Å².